The first-order valence-corrected chi connectivity index (χ1v) is 7.53. The van der Waals surface area contributed by atoms with Crippen LogP contribution in [0.25, 0.3) is 0 Å². The molecule has 2 nitrogen and oxygen atoms in total. The molecule has 0 radical (unpaired) electrons. The average molecular weight is 266 g/mol. The Hall–Kier alpha value is -0.670. The lowest BCUT2D eigenvalue weighted by Gasteiger charge is -2.30. The molecule has 0 amide bonds. The van der Waals surface area contributed by atoms with Gasteiger partial charge in [0.05, 0.1) is 0 Å². The highest BCUT2D eigenvalue weighted by Gasteiger charge is 2.17. The predicted octanol–water partition coefficient (Wildman–Crippen LogP) is 3.74. The van der Waals surface area contributed by atoms with E-state index in [0.29, 0.717) is 6.54 Å². The van der Waals surface area contributed by atoms with Gasteiger partial charge in [-0.15, -0.1) is 11.8 Å². The van der Waals surface area contributed by atoms with Crippen LogP contribution in [0, 0.1) is 5.41 Å². The van der Waals surface area contributed by atoms with Gasteiger partial charge in [-0.25, -0.2) is 0 Å². The highest BCUT2D eigenvalue weighted by Crippen LogP contribution is 2.31. The first-order valence-electron chi connectivity index (χ1n) is 6.55. The van der Waals surface area contributed by atoms with Gasteiger partial charge < -0.3 is 10.6 Å². The number of nitrogens with zero attached hydrogens (tertiary/aromatic N) is 1. The van der Waals surface area contributed by atoms with E-state index in [4.69, 9.17) is 5.73 Å². The van der Waals surface area contributed by atoms with Crippen LogP contribution in [0.15, 0.2) is 23.1 Å². The van der Waals surface area contributed by atoms with E-state index in [2.05, 4.69) is 57.8 Å². The minimum absolute atomic E-state index is 0.286. The smallest absolute Gasteiger partial charge is 0.0420 e. The number of rotatable bonds is 5. The summed E-state index contributed by atoms with van der Waals surface area (Å²) in [7, 11) is 2.15. The Kier molecular flexibility index (Phi) is 5.54. The molecule has 0 fully saturated rings. The molecule has 2 N–H and O–H groups in total. The third-order valence-corrected chi connectivity index (χ3v) is 3.72. The van der Waals surface area contributed by atoms with E-state index in [1.165, 1.54) is 16.1 Å². The van der Waals surface area contributed by atoms with Gasteiger partial charge >= 0.3 is 0 Å². The molecule has 0 unspecified atom stereocenters. The highest BCUT2D eigenvalue weighted by molar-refractivity contribution is 7.99. The third-order valence-electron chi connectivity index (χ3n) is 2.74. The van der Waals surface area contributed by atoms with Gasteiger partial charge in [0.1, 0.15) is 0 Å². The zero-order chi connectivity index (χ0) is 13.8. The van der Waals surface area contributed by atoms with Crippen LogP contribution in [0.4, 0.5) is 5.69 Å². The lowest BCUT2D eigenvalue weighted by molar-refractivity contribution is 0.418. The van der Waals surface area contributed by atoms with Crippen LogP contribution in [-0.4, -0.2) is 19.3 Å². The Morgan fingerprint density at radius 1 is 1.28 bits per heavy atom. The van der Waals surface area contributed by atoms with Crippen LogP contribution in [0.2, 0.25) is 0 Å². The monoisotopic (exact) mass is 266 g/mol. The minimum Gasteiger partial charge on any atom is -0.374 e. The van der Waals surface area contributed by atoms with Gasteiger partial charge in [0.25, 0.3) is 0 Å². The van der Waals surface area contributed by atoms with Crippen molar-refractivity contribution in [3.63, 3.8) is 0 Å². The van der Waals surface area contributed by atoms with Crippen molar-refractivity contribution in [2.45, 2.75) is 39.1 Å². The second-order valence-electron chi connectivity index (χ2n) is 5.81. The lowest BCUT2D eigenvalue weighted by atomic mass is 9.95. The molecule has 0 heterocycles. The first kappa shape index (κ1) is 15.4. The van der Waals surface area contributed by atoms with Crippen LogP contribution < -0.4 is 10.6 Å². The number of hydrogen-bond acceptors (Lipinski definition) is 3. The van der Waals surface area contributed by atoms with Crippen molar-refractivity contribution in [2.75, 3.05) is 24.2 Å². The van der Waals surface area contributed by atoms with Crippen LogP contribution in [0.1, 0.15) is 33.3 Å². The molecule has 0 aliphatic rings. The summed E-state index contributed by atoms with van der Waals surface area (Å²) in [4.78, 5) is 3.64. The van der Waals surface area contributed by atoms with Gasteiger partial charge in [0.2, 0.25) is 0 Å². The molecule has 3 heteroatoms. The van der Waals surface area contributed by atoms with Crippen molar-refractivity contribution in [1.29, 1.82) is 0 Å². The third kappa shape index (κ3) is 4.21. The van der Waals surface area contributed by atoms with Gasteiger partial charge in [-0.1, -0.05) is 33.8 Å². The summed E-state index contributed by atoms with van der Waals surface area (Å²) in [5.74, 6) is 1.08. The molecule has 0 saturated heterocycles. The Morgan fingerprint density at radius 3 is 2.44 bits per heavy atom. The summed E-state index contributed by atoms with van der Waals surface area (Å²) in [6.45, 7) is 10.6. The Balaban J connectivity index is 3.04. The summed E-state index contributed by atoms with van der Waals surface area (Å²) in [6, 6.07) is 6.48. The number of anilines is 1. The average Bonchev–Trinajstić information content (AvgIpc) is 2.27. The number of benzene rings is 1. The second-order valence-corrected chi connectivity index (χ2v) is 7.11. The van der Waals surface area contributed by atoms with Gasteiger partial charge in [0, 0.05) is 36.3 Å². The summed E-state index contributed by atoms with van der Waals surface area (Å²) >= 11 is 1.87. The molecule has 0 atom stereocenters. The van der Waals surface area contributed by atoms with Gasteiger partial charge in [-0.2, -0.15) is 0 Å². The number of nitrogens with two attached hydrogens (primary N) is 1. The Labute approximate surface area is 116 Å². The molecular weight excluding hydrogens is 240 g/mol. The molecule has 0 aliphatic heterocycles. The zero-order valence-electron chi connectivity index (χ0n) is 12.3. The van der Waals surface area contributed by atoms with Crippen molar-refractivity contribution >= 4 is 17.4 Å². The molecule has 0 bridgehead atoms. The highest BCUT2D eigenvalue weighted by atomic mass is 32.2. The Bertz CT molecular complexity index is 383. The quantitative estimate of drug-likeness (QED) is 0.823. The zero-order valence-corrected chi connectivity index (χ0v) is 13.1. The standard InChI is InChI=1S/C15H26N2S/c1-6-18-14-9-7-8-13(12(14)10-16)17(5)11-15(2,3)4/h7-9H,6,10-11,16H2,1-5H3. The molecule has 102 valence electrons. The normalized spacial score (nSPS) is 11.7. The molecule has 1 rings (SSSR count). The van der Waals surface area contributed by atoms with Crippen molar-refractivity contribution in [3.8, 4) is 0 Å². The second kappa shape index (κ2) is 6.48. The fourth-order valence-corrected chi connectivity index (χ4v) is 3.05. The summed E-state index contributed by atoms with van der Waals surface area (Å²) in [6.07, 6.45) is 0. The largest absolute Gasteiger partial charge is 0.374 e. The number of thioether (sulfide) groups is 1. The topological polar surface area (TPSA) is 29.3 Å². The van der Waals surface area contributed by atoms with E-state index in [1.807, 2.05) is 11.8 Å². The van der Waals surface area contributed by atoms with Crippen LogP contribution in [0.3, 0.4) is 0 Å². The molecule has 1 aromatic carbocycles. The fourth-order valence-electron chi connectivity index (χ4n) is 2.20. The van der Waals surface area contributed by atoms with Gasteiger partial charge in [0.15, 0.2) is 0 Å². The summed E-state index contributed by atoms with van der Waals surface area (Å²) < 4.78 is 0. The molecule has 0 saturated carbocycles. The van der Waals surface area contributed by atoms with Crippen molar-refractivity contribution in [2.24, 2.45) is 11.1 Å². The van der Waals surface area contributed by atoms with Gasteiger partial charge in [-0.3, -0.25) is 0 Å². The molecule has 18 heavy (non-hydrogen) atoms. The molecule has 0 aromatic heterocycles. The molecular formula is C15H26N2S. The molecule has 0 spiro atoms. The van der Waals surface area contributed by atoms with Gasteiger partial charge in [-0.05, 0) is 23.3 Å². The Morgan fingerprint density at radius 2 is 1.94 bits per heavy atom. The molecule has 0 aliphatic carbocycles. The summed E-state index contributed by atoms with van der Waals surface area (Å²) in [5, 5.41) is 0. The predicted molar refractivity (Wildman–Crippen MR) is 83.5 cm³/mol. The van der Waals surface area contributed by atoms with E-state index in [9.17, 15) is 0 Å². The van der Waals surface area contributed by atoms with E-state index < -0.39 is 0 Å². The number of hydrogen-bond donors (Lipinski definition) is 1. The first-order chi connectivity index (χ1) is 8.39. The van der Waals surface area contributed by atoms with Crippen LogP contribution in [0.5, 0.6) is 0 Å². The van der Waals surface area contributed by atoms with Crippen molar-refractivity contribution < 1.29 is 0 Å². The fraction of sp³-hybridized carbons (Fsp3) is 0.600. The maximum absolute atomic E-state index is 5.94. The maximum atomic E-state index is 5.94. The van der Waals surface area contributed by atoms with Crippen LogP contribution in [-0.2, 0) is 6.54 Å². The maximum Gasteiger partial charge on any atom is 0.0420 e. The van der Waals surface area contributed by atoms with Crippen LogP contribution >= 0.6 is 11.8 Å². The molecule has 1 aromatic rings. The van der Waals surface area contributed by atoms with E-state index in [0.717, 1.165) is 12.3 Å². The van der Waals surface area contributed by atoms with E-state index >= 15 is 0 Å². The lowest BCUT2D eigenvalue weighted by Crippen LogP contribution is -2.30. The summed E-state index contributed by atoms with van der Waals surface area (Å²) in [5.41, 5.74) is 8.77. The SMILES string of the molecule is CCSc1cccc(N(C)CC(C)(C)C)c1CN. The van der Waals surface area contributed by atoms with E-state index in [-0.39, 0.29) is 5.41 Å². The van der Waals surface area contributed by atoms with Crippen molar-refractivity contribution in [3.05, 3.63) is 23.8 Å². The van der Waals surface area contributed by atoms with Crippen molar-refractivity contribution in [1.82, 2.24) is 0 Å². The van der Waals surface area contributed by atoms with E-state index in [1.54, 1.807) is 0 Å². The minimum atomic E-state index is 0.286.